The molecule has 0 saturated carbocycles. The summed E-state index contributed by atoms with van der Waals surface area (Å²) in [7, 11) is 4.92. The van der Waals surface area contributed by atoms with Crippen molar-refractivity contribution in [2.75, 3.05) is 33.7 Å². The molecule has 0 spiro atoms. The van der Waals surface area contributed by atoms with Gasteiger partial charge in [0.2, 0.25) is 0 Å². The summed E-state index contributed by atoms with van der Waals surface area (Å²) in [6, 6.07) is 13.5. The van der Waals surface area contributed by atoms with E-state index in [9.17, 15) is 0 Å². The first-order valence-electron chi connectivity index (χ1n) is 10.1. The van der Waals surface area contributed by atoms with E-state index >= 15 is 0 Å². The monoisotopic (exact) mass is 451 g/mol. The summed E-state index contributed by atoms with van der Waals surface area (Å²) >= 11 is 1.71. The topological polar surface area (TPSA) is 78.5 Å². The highest BCUT2D eigenvalue weighted by Crippen LogP contribution is 2.36. The van der Waals surface area contributed by atoms with Crippen LogP contribution in [0.1, 0.15) is 5.56 Å². The molecule has 0 radical (unpaired) electrons. The molecule has 0 unspecified atom stereocenters. The molecule has 0 aliphatic rings. The van der Waals surface area contributed by atoms with E-state index in [2.05, 4.69) is 21.9 Å². The maximum Gasteiger partial charge on any atom is 0.178 e. The molecule has 2 aromatic carbocycles. The number of aryl methyl sites for hydroxylation is 1. The number of hydrogen-bond acceptors (Lipinski definition) is 7. The number of imidazole rings is 1. The Labute approximate surface area is 191 Å². The first kappa shape index (κ1) is 21.8. The number of rotatable bonds is 9. The number of aromatic nitrogens is 3. The highest BCUT2D eigenvalue weighted by atomic mass is 32.2. The van der Waals surface area contributed by atoms with Crippen LogP contribution in [-0.2, 0) is 0 Å². The molecule has 4 aromatic rings. The summed E-state index contributed by atoms with van der Waals surface area (Å²) in [4.78, 5) is 13.3. The van der Waals surface area contributed by atoms with Gasteiger partial charge >= 0.3 is 0 Å². The standard InChI is InChI=1S/C24H25N3O4S/c1-15-12-20(29-3)21(30-4)14-22(15)32-11-10-31-19-13-16(28-2)7-8-17(19)23-26-18-6-5-9-25-24(18)27-23/h5-9,12-14H,10-11H2,1-4H3,(H,25,26,27). The van der Waals surface area contributed by atoms with Gasteiger partial charge in [-0.15, -0.1) is 11.8 Å². The van der Waals surface area contributed by atoms with E-state index in [0.717, 1.165) is 44.5 Å². The van der Waals surface area contributed by atoms with Crippen LogP contribution in [0.25, 0.3) is 22.6 Å². The molecule has 0 amide bonds. The van der Waals surface area contributed by atoms with Crippen molar-refractivity contribution in [3.05, 3.63) is 54.2 Å². The minimum atomic E-state index is 0.511. The zero-order chi connectivity index (χ0) is 22.5. The summed E-state index contributed by atoms with van der Waals surface area (Å²) in [5.74, 6) is 4.34. The van der Waals surface area contributed by atoms with Gasteiger partial charge in [-0.1, -0.05) is 0 Å². The lowest BCUT2D eigenvalue weighted by Crippen LogP contribution is -2.03. The molecule has 0 atom stereocenters. The predicted octanol–water partition coefficient (Wildman–Crippen LogP) is 5.13. The van der Waals surface area contributed by atoms with E-state index in [1.807, 2.05) is 42.5 Å². The SMILES string of the molecule is COc1ccc(-c2nc3ncccc3[nH]2)c(OCCSc2cc(OC)c(OC)cc2C)c1. The normalized spacial score (nSPS) is 10.9. The fourth-order valence-corrected chi connectivity index (χ4v) is 4.20. The average molecular weight is 452 g/mol. The summed E-state index contributed by atoms with van der Waals surface area (Å²) in [6.45, 7) is 2.57. The van der Waals surface area contributed by atoms with Gasteiger partial charge in [0, 0.05) is 22.9 Å². The third-order valence-electron chi connectivity index (χ3n) is 4.98. The van der Waals surface area contributed by atoms with Crippen molar-refractivity contribution >= 4 is 22.9 Å². The van der Waals surface area contributed by atoms with Gasteiger partial charge in [0.15, 0.2) is 17.1 Å². The van der Waals surface area contributed by atoms with Crippen molar-refractivity contribution in [2.24, 2.45) is 0 Å². The van der Waals surface area contributed by atoms with E-state index in [-0.39, 0.29) is 0 Å². The molecule has 0 saturated heterocycles. The Kier molecular flexibility index (Phi) is 6.70. The fourth-order valence-electron chi connectivity index (χ4n) is 3.34. The van der Waals surface area contributed by atoms with Crippen molar-refractivity contribution in [1.29, 1.82) is 0 Å². The molecular formula is C24H25N3O4S. The first-order chi connectivity index (χ1) is 15.6. The van der Waals surface area contributed by atoms with Crippen LogP contribution in [0.15, 0.2) is 53.6 Å². The summed E-state index contributed by atoms with van der Waals surface area (Å²) < 4.78 is 22.3. The number of ether oxygens (including phenoxy) is 4. The number of hydrogen-bond donors (Lipinski definition) is 1. The molecule has 1 N–H and O–H groups in total. The average Bonchev–Trinajstić information content (AvgIpc) is 3.26. The van der Waals surface area contributed by atoms with Crippen LogP contribution >= 0.6 is 11.8 Å². The maximum atomic E-state index is 6.16. The van der Waals surface area contributed by atoms with E-state index < -0.39 is 0 Å². The van der Waals surface area contributed by atoms with Gasteiger partial charge in [-0.25, -0.2) is 9.97 Å². The van der Waals surface area contributed by atoms with Gasteiger partial charge in [-0.3, -0.25) is 0 Å². The van der Waals surface area contributed by atoms with E-state index in [4.69, 9.17) is 18.9 Å². The smallest absolute Gasteiger partial charge is 0.178 e. The largest absolute Gasteiger partial charge is 0.497 e. The number of nitrogens with one attached hydrogen (secondary N) is 1. The molecule has 0 aliphatic carbocycles. The molecule has 32 heavy (non-hydrogen) atoms. The molecule has 8 heteroatoms. The van der Waals surface area contributed by atoms with E-state index in [1.165, 1.54) is 0 Å². The highest BCUT2D eigenvalue weighted by Gasteiger charge is 2.14. The van der Waals surface area contributed by atoms with Crippen LogP contribution in [0.3, 0.4) is 0 Å². The zero-order valence-electron chi connectivity index (χ0n) is 18.5. The predicted molar refractivity (Wildman–Crippen MR) is 126 cm³/mol. The van der Waals surface area contributed by atoms with Crippen molar-refractivity contribution < 1.29 is 18.9 Å². The Morgan fingerprint density at radius 2 is 1.75 bits per heavy atom. The van der Waals surface area contributed by atoms with Crippen molar-refractivity contribution in [3.63, 3.8) is 0 Å². The summed E-state index contributed by atoms with van der Waals surface area (Å²) in [6.07, 6.45) is 1.73. The van der Waals surface area contributed by atoms with Gasteiger partial charge in [-0.05, 0) is 48.9 Å². The lowest BCUT2D eigenvalue weighted by atomic mass is 10.2. The Balaban J connectivity index is 1.50. The van der Waals surface area contributed by atoms with Crippen molar-refractivity contribution in [2.45, 2.75) is 11.8 Å². The third kappa shape index (κ3) is 4.60. The van der Waals surface area contributed by atoms with Gasteiger partial charge in [0.1, 0.15) is 17.3 Å². The number of methoxy groups -OCH3 is 3. The summed E-state index contributed by atoms with van der Waals surface area (Å²) in [5, 5.41) is 0. The van der Waals surface area contributed by atoms with Gasteiger partial charge < -0.3 is 23.9 Å². The molecule has 2 aromatic heterocycles. The molecule has 4 rings (SSSR count). The van der Waals surface area contributed by atoms with Crippen LogP contribution in [0, 0.1) is 6.92 Å². The van der Waals surface area contributed by atoms with Crippen LogP contribution in [0.2, 0.25) is 0 Å². The second-order valence-electron chi connectivity index (χ2n) is 6.99. The second kappa shape index (κ2) is 9.82. The molecule has 0 fully saturated rings. The van der Waals surface area contributed by atoms with Gasteiger partial charge in [-0.2, -0.15) is 0 Å². The number of pyridine rings is 1. The maximum absolute atomic E-state index is 6.16. The Morgan fingerprint density at radius 3 is 2.50 bits per heavy atom. The number of thioether (sulfide) groups is 1. The second-order valence-corrected chi connectivity index (χ2v) is 8.13. The number of aromatic amines is 1. The summed E-state index contributed by atoms with van der Waals surface area (Å²) in [5.41, 5.74) is 3.54. The fraction of sp³-hybridized carbons (Fsp3) is 0.250. The highest BCUT2D eigenvalue weighted by molar-refractivity contribution is 7.99. The van der Waals surface area contributed by atoms with Crippen molar-refractivity contribution in [1.82, 2.24) is 15.0 Å². The Bertz CT molecular complexity index is 1190. The lowest BCUT2D eigenvalue weighted by molar-refractivity contribution is 0.341. The Morgan fingerprint density at radius 1 is 0.938 bits per heavy atom. The Hall–Kier alpha value is -3.39. The molecule has 0 aliphatic heterocycles. The number of benzene rings is 2. The van der Waals surface area contributed by atoms with Crippen LogP contribution < -0.4 is 18.9 Å². The molecular weight excluding hydrogens is 426 g/mol. The van der Waals surface area contributed by atoms with E-state index in [1.54, 1.807) is 39.3 Å². The lowest BCUT2D eigenvalue weighted by Gasteiger charge is -2.14. The van der Waals surface area contributed by atoms with Gasteiger partial charge in [0.25, 0.3) is 0 Å². The van der Waals surface area contributed by atoms with E-state index in [0.29, 0.717) is 23.8 Å². The van der Waals surface area contributed by atoms with Crippen molar-refractivity contribution in [3.8, 4) is 34.4 Å². The molecule has 166 valence electrons. The molecule has 2 heterocycles. The minimum Gasteiger partial charge on any atom is -0.497 e. The first-order valence-corrected chi connectivity index (χ1v) is 11.1. The molecule has 0 bridgehead atoms. The quantitative estimate of drug-likeness (QED) is 0.279. The number of nitrogens with zero attached hydrogens (tertiary/aromatic N) is 2. The van der Waals surface area contributed by atoms with Crippen LogP contribution in [-0.4, -0.2) is 48.6 Å². The van der Waals surface area contributed by atoms with Crippen LogP contribution in [0.5, 0.6) is 23.0 Å². The minimum absolute atomic E-state index is 0.511. The third-order valence-corrected chi connectivity index (χ3v) is 6.10. The number of H-pyrrole nitrogens is 1. The zero-order valence-corrected chi connectivity index (χ0v) is 19.3. The number of fused-ring (bicyclic) bond motifs is 1. The van der Waals surface area contributed by atoms with Crippen LogP contribution in [0.4, 0.5) is 0 Å². The van der Waals surface area contributed by atoms with Gasteiger partial charge in [0.05, 0.1) is 39.0 Å². The molecule has 7 nitrogen and oxygen atoms in total.